The van der Waals surface area contributed by atoms with Crippen molar-refractivity contribution in [2.24, 2.45) is 10.2 Å². The van der Waals surface area contributed by atoms with Gasteiger partial charge in [0.1, 0.15) is 0 Å². The molecular formula is C12H16N4O2. The van der Waals surface area contributed by atoms with Crippen molar-refractivity contribution in [1.82, 2.24) is 9.55 Å². The second-order valence-electron chi connectivity index (χ2n) is 4.30. The van der Waals surface area contributed by atoms with Crippen molar-refractivity contribution in [2.75, 3.05) is 0 Å². The zero-order chi connectivity index (χ0) is 13.1. The van der Waals surface area contributed by atoms with Crippen LogP contribution < -0.4 is 0 Å². The Kier molecular flexibility index (Phi) is 3.69. The Hall–Kier alpha value is -1.79. The Balaban J connectivity index is 2.49. The Morgan fingerprint density at radius 3 is 2.67 bits per heavy atom. The highest BCUT2D eigenvalue weighted by molar-refractivity contribution is 5.77. The number of fused-ring (bicyclic) bond motifs is 1. The third-order valence-electron chi connectivity index (χ3n) is 2.36. The summed E-state index contributed by atoms with van der Waals surface area (Å²) >= 11 is 0. The number of imidazole rings is 1. The molecule has 18 heavy (non-hydrogen) atoms. The number of hydrogen-bond acceptors (Lipinski definition) is 5. The molecule has 6 nitrogen and oxygen atoms in total. The molecule has 0 aliphatic carbocycles. The zero-order valence-corrected chi connectivity index (χ0v) is 10.4. The summed E-state index contributed by atoms with van der Waals surface area (Å²) < 4.78 is 1.64. The van der Waals surface area contributed by atoms with Gasteiger partial charge in [-0.3, -0.25) is 0 Å². The molecule has 2 rings (SSSR count). The van der Waals surface area contributed by atoms with E-state index < -0.39 is 6.29 Å². The van der Waals surface area contributed by atoms with Crippen molar-refractivity contribution in [3.8, 4) is 0 Å². The standard InChI is InChI=1S/C12H16N4O2/c1-8(2)14-15-12-13-9-5-3-4-6-10(9)16(12)7-11(17)18/h3-6,8,11,17-18H,7H2,1-2H3. The summed E-state index contributed by atoms with van der Waals surface area (Å²) in [5.41, 5.74) is 1.57. The van der Waals surface area contributed by atoms with Gasteiger partial charge in [0.15, 0.2) is 6.29 Å². The van der Waals surface area contributed by atoms with Crippen molar-refractivity contribution in [3.05, 3.63) is 24.3 Å². The van der Waals surface area contributed by atoms with E-state index in [1.807, 2.05) is 38.1 Å². The normalized spacial score (nSPS) is 12.3. The molecule has 0 bridgehead atoms. The lowest BCUT2D eigenvalue weighted by atomic mass is 10.3. The maximum absolute atomic E-state index is 9.12. The first kappa shape index (κ1) is 12.7. The molecular weight excluding hydrogens is 232 g/mol. The highest BCUT2D eigenvalue weighted by Crippen LogP contribution is 2.22. The van der Waals surface area contributed by atoms with E-state index in [2.05, 4.69) is 15.2 Å². The lowest BCUT2D eigenvalue weighted by molar-refractivity contribution is -0.0502. The number of para-hydroxylation sites is 2. The van der Waals surface area contributed by atoms with Crippen LogP contribution in [0.2, 0.25) is 0 Å². The summed E-state index contributed by atoms with van der Waals surface area (Å²) in [7, 11) is 0. The predicted octanol–water partition coefficient (Wildman–Crippen LogP) is 1.84. The van der Waals surface area contributed by atoms with Crippen LogP contribution in [0.1, 0.15) is 13.8 Å². The van der Waals surface area contributed by atoms with E-state index in [4.69, 9.17) is 10.2 Å². The van der Waals surface area contributed by atoms with Gasteiger partial charge in [-0.25, -0.2) is 4.98 Å². The van der Waals surface area contributed by atoms with Gasteiger partial charge in [-0.1, -0.05) is 12.1 Å². The number of aliphatic hydroxyl groups is 2. The molecule has 0 saturated carbocycles. The number of rotatable bonds is 4. The summed E-state index contributed by atoms with van der Waals surface area (Å²) in [6.45, 7) is 3.85. The van der Waals surface area contributed by atoms with Crippen LogP contribution in [0.25, 0.3) is 11.0 Å². The quantitative estimate of drug-likeness (QED) is 0.639. The second-order valence-corrected chi connectivity index (χ2v) is 4.30. The van der Waals surface area contributed by atoms with E-state index in [-0.39, 0.29) is 12.6 Å². The maximum Gasteiger partial charge on any atom is 0.250 e. The molecule has 0 atom stereocenters. The summed E-state index contributed by atoms with van der Waals surface area (Å²) in [6, 6.07) is 7.52. The molecule has 0 amide bonds. The molecule has 0 unspecified atom stereocenters. The molecule has 1 aromatic carbocycles. The van der Waals surface area contributed by atoms with Crippen molar-refractivity contribution in [2.45, 2.75) is 32.7 Å². The third kappa shape index (κ3) is 2.72. The molecule has 1 heterocycles. The Labute approximate surface area is 105 Å². The first-order valence-corrected chi connectivity index (χ1v) is 5.80. The van der Waals surface area contributed by atoms with Gasteiger partial charge < -0.3 is 14.8 Å². The van der Waals surface area contributed by atoms with Crippen molar-refractivity contribution < 1.29 is 10.2 Å². The van der Waals surface area contributed by atoms with Crippen LogP contribution in [0.3, 0.4) is 0 Å². The van der Waals surface area contributed by atoms with Crippen LogP contribution >= 0.6 is 0 Å². The zero-order valence-electron chi connectivity index (χ0n) is 10.4. The number of benzene rings is 1. The molecule has 0 aliphatic heterocycles. The SMILES string of the molecule is CC(C)N=Nc1nc2ccccc2n1CC(O)O. The van der Waals surface area contributed by atoms with Gasteiger partial charge >= 0.3 is 0 Å². The van der Waals surface area contributed by atoms with E-state index in [9.17, 15) is 0 Å². The summed E-state index contributed by atoms with van der Waals surface area (Å²) in [4.78, 5) is 4.32. The summed E-state index contributed by atoms with van der Waals surface area (Å²) in [6.07, 6.45) is -1.45. The first-order valence-electron chi connectivity index (χ1n) is 5.80. The largest absolute Gasteiger partial charge is 0.367 e. The fourth-order valence-corrected chi connectivity index (χ4v) is 1.65. The smallest absolute Gasteiger partial charge is 0.250 e. The minimum absolute atomic E-state index is 0.0208. The highest BCUT2D eigenvalue weighted by atomic mass is 16.5. The van der Waals surface area contributed by atoms with Crippen molar-refractivity contribution in [1.29, 1.82) is 0 Å². The molecule has 0 spiro atoms. The Morgan fingerprint density at radius 1 is 1.28 bits per heavy atom. The minimum Gasteiger partial charge on any atom is -0.367 e. The van der Waals surface area contributed by atoms with E-state index in [0.29, 0.717) is 5.95 Å². The van der Waals surface area contributed by atoms with Gasteiger partial charge in [0.2, 0.25) is 5.95 Å². The monoisotopic (exact) mass is 248 g/mol. The molecule has 96 valence electrons. The fraction of sp³-hybridized carbons (Fsp3) is 0.417. The third-order valence-corrected chi connectivity index (χ3v) is 2.36. The average Bonchev–Trinajstić information content (AvgIpc) is 2.64. The molecule has 0 saturated heterocycles. The first-order chi connectivity index (χ1) is 8.58. The summed E-state index contributed by atoms with van der Waals surface area (Å²) in [5, 5.41) is 26.3. The van der Waals surface area contributed by atoms with Gasteiger partial charge in [-0.05, 0) is 26.0 Å². The Morgan fingerprint density at radius 2 is 2.00 bits per heavy atom. The Bertz CT molecular complexity index is 560. The molecule has 1 aromatic heterocycles. The van der Waals surface area contributed by atoms with E-state index in [0.717, 1.165) is 11.0 Å². The maximum atomic E-state index is 9.12. The van der Waals surface area contributed by atoms with Gasteiger partial charge in [0.25, 0.3) is 0 Å². The number of aliphatic hydroxyl groups excluding tert-OH is 1. The fourth-order valence-electron chi connectivity index (χ4n) is 1.65. The number of aromatic nitrogens is 2. The van der Waals surface area contributed by atoms with Crippen molar-refractivity contribution >= 4 is 17.0 Å². The average molecular weight is 248 g/mol. The van der Waals surface area contributed by atoms with Crippen LogP contribution in [-0.2, 0) is 6.54 Å². The van der Waals surface area contributed by atoms with Crippen LogP contribution in [0.15, 0.2) is 34.5 Å². The van der Waals surface area contributed by atoms with Crippen LogP contribution in [0.5, 0.6) is 0 Å². The lowest BCUT2D eigenvalue weighted by Gasteiger charge is -2.07. The van der Waals surface area contributed by atoms with E-state index in [1.165, 1.54) is 0 Å². The highest BCUT2D eigenvalue weighted by Gasteiger charge is 2.12. The topological polar surface area (TPSA) is 83.0 Å². The van der Waals surface area contributed by atoms with Gasteiger partial charge in [-0.15, -0.1) is 5.11 Å². The lowest BCUT2D eigenvalue weighted by Crippen LogP contribution is -2.14. The molecule has 6 heteroatoms. The molecule has 2 N–H and O–H groups in total. The van der Waals surface area contributed by atoms with Crippen LogP contribution in [0, 0.1) is 0 Å². The molecule has 0 fully saturated rings. The molecule has 2 aromatic rings. The number of azo groups is 1. The molecule has 0 aliphatic rings. The van der Waals surface area contributed by atoms with Gasteiger partial charge in [0, 0.05) is 0 Å². The van der Waals surface area contributed by atoms with Gasteiger partial charge in [-0.2, -0.15) is 5.11 Å². The number of nitrogens with zero attached hydrogens (tertiary/aromatic N) is 4. The van der Waals surface area contributed by atoms with E-state index in [1.54, 1.807) is 4.57 Å². The summed E-state index contributed by atoms with van der Waals surface area (Å²) in [5.74, 6) is 0.387. The second kappa shape index (κ2) is 5.24. The predicted molar refractivity (Wildman–Crippen MR) is 67.6 cm³/mol. The van der Waals surface area contributed by atoms with Crippen LogP contribution in [-0.4, -0.2) is 32.1 Å². The van der Waals surface area contributed by atoms with Crippen molar-refractivity contribution in [3.63, 3.8) is 0 Å². The van der Waals surface area contributed by atoms with Gasteiger partial charge in [0.05, 0.1) is 23.6 Å². The van der Waals surface area contributed by atoms with E-state index >= 15 is 0 Å². The number of hydrogen-bond donors (Lipinski definition) is 2. The molecule has 0 radical (unpaired) electrons. The van der Waals surface area contributed by atoms with Crippen LogP contribution in [0.4, 0.5) is 5.95 Å². The minimum atomic E-state index is -1.45.